The van der Waals surface area contributed by atoms with Crippen LogP contribution in [0.15, 0.2) is 30.7 Å². The summed E-state index contributed by atoms with van der Waals surface area (Å²) in [4.78, 5) is 26.5. The number of rotatable bonds is 3. The molecule has 2 aromatic heterocycles. The van der Waals surface area contributed by atoms with E-state index in [1.54, 1.807) is 12.3 Å². The van der Waals surface area contributed by atoms with Crippen LogP contribution in [0.1, 0.15) is 36.7 Å². The topological polar surface area (TPSA) is 117 Å². The van der Waals surface area contributed by atoms with Crippen molar-refractivity contribution in [1.29, 1.82) is 0 Å². The number of carbonyl (C=O) groups is 1. The maximum Gasteiger partial charge on any atom is 0.247 e. The third-order valence-electron chi connectivity index (χ3n) is 5.54. The Morgan fingerprint density at radius 1 is 1.28 bits per heavy atom. The zero-order valence-electron chi connectivity index (χ0n) is 15.2. The van der Waals surface area contributed by atoms with Gasteiger partial charge in [-0.3, -0.25) is 9.89 Å². The van der Waals surface area contributed by atoms with Crippen LogP contribution in [0.2, 0.25) is 5.02 Å². The van der Waals surface area contributed by atoms with Crippen LogP contribution in [0, 0.1) is 5.82 Å². The quantitative estimate of drug-likeness (QED) is 0.570. The molecule has 1 saturated heterocycles. The van der Waals surface area contributed by atoms with Gasteiger partial charge in [-0.25, -0.2) is 14.4 Å². The molecule has 148 valence electrons. The first-order valence-electron chi connectivity index (χ1n) is 9.20. The maximum absolute atomic E-state index is 14.6. The maximum atomic E-state index is 14.6. The van der Waals surface area contributed by atoms with Crippen molar-refractivity contribution in [3.05, 3.63) is 53.0 Å². The Balaban J connectivity index is 1.46. The molecule has 0 radical (unpaired) electrons. The summed E-state index contributed by atoms with van der Waals surface area (Å²) in [5.74, 6) is 0.501. The number of hydrogen-bond acceptors (Lipinski definition) is 5. The van der Waals surface area contributed by atoms with Gasteiger partial charge >= 0.3 is 0 Å². The Hall–Kier alpha value is -3.20. The number of nitrogens with two attached hydrogens (primary N) is 1. The summed E-state index contributed by atoms with van der Waals surface area (Å²) >= 11 is 5.92. The fraction of sp³-hybridized carbons (Fsp3) is 0.263. The van der Waals surface area contributed by atoms with E-state index in [0.29, 0.717) is 29.3 Å². The first-order valence-corrected chi connectivity index (χ1v) is 9.58. The van der Waals surface area contributed by atoms with Crippen molar-refractivity contribution in [2.75, 3.05) is 5.73 Å². The number of H-pyrrole nitrogens is 2. The fourth-order valence-corrected chi connectivity index (χ4v) is 4.41. The number of imidazole rings is 1. The van der Waals surface area contributed by atoms with Gasteiger partial charge in [-0.1, -0.05) is 11.6 Å². The predicted molar refractivity (Wildman–Crippen MR) is 105 cm³/mol. The number of nitrogens with zero attached hydrogens (tertiary/aromatic N) is 4. The van der Waals surface area contributed by atoms with Gasteiger partial charge in [0.2, 0.25) is 5.91 Å². The van der Waals surface area contributed by atoms with Crippen LogP contribution < -0.4 is 5.73 Å². The molecule has 2 aliphatic rings. The molecule has 0 bridgehead atoms. The Labute approximate surface area is 170 Å². The first-order chi connectivity index (χ1) is 14.0. The number of nitrogens with one attached hydrogen (secondary N) is 2. The molecule has 4 heterocycles. The number of fused-ring (bicyclic) bond motifs is 1. The summed E-state index contributed by atoms with van der Waals surface area (Å²) in [5, 5.41) is 6.61. The molecule has 1 fully saturated rings. The highest BCUT2D eigenvalue weighted by atomic mass is 35.5. The smallest absolute Gasteiger partial charge is 0.247 e. The minimum Gasteiger partial charge on any atom is -0.398 e. The number of hydrogen-bond donors (Lipinski definition) is 3. The van der Waals surface area contributed by atoms with Crippen molar-refractivity contribution >= 4 is 28.8 Å². The van der Waals surface area contributed by atoms with Crippen molar-refractivity contribution in [2.45, 2.75) is 31.3 Å². The number of carbonyl (C=O) groups excluding carboxylic acids is 1. The van der Waals surface area contributed by atoms with Gasteiger partial charge in [0.15, 0.2) is 11.6 Å². The average Bonchev–Trinajstić information content (AvgIpc) is 3.44. The number of aromatic amines is 2. The van der Waals surface area contributed by atoms with Crippen molar-refractivity contribution < 1.29 is 9.18 Å². The molecule has 5 rings (SSSR count). The van der Waals surface area contributed by atoms with Crippen LogP contribution in [0.25, 0.3) is 17.1 Å². The van der Waals surface area contributed by atoms with Crippen LogP contribution in [0.4, 0.5) is 10.1 Å². The molecule has 8 nitrogen and oxygen atoms in total. The lowest BCUT2D eigenvalue weighted by Crippen LogP contribution is -2.39. The Kier molecular flexibility index (Phi) is 4.13. The van der Waals surface area contributed by atoms with E-state index in [-0.39, 0.29) is 34.3 Å². The lowest BCUT2D eigenvalue weighted by atomic mass is 9.92. The summed E-state index contributed by atoms with van der Waals surface area (Å²) in [6.07, 6.45) is 6.60. The normalized spacial score (nSPS) is 21.4. The molecule has 10 heteroatoms. The second kappa shape index (κ2) is 6.70. The molecule has 29 heavy (non-hydrogen) atoms. The molecule has 0 saturated carbocycles. The molecule has 2 atom stereocenters. The van der Waals surface area contributed by atoms with Crippen molar-refractivity contribution in [3.8, 4) is 11.5 Å². The number of halogens is 2. The van der Waals surface area contributed by atoms with Crippen LogP contribution in [-0.2, 0) is 4.79 Å². The number of benzene rings is 1. The number of aromatic nitrogens is 5. The van der Waals surface area contributed by atoms with E-state index in [4.69, 9.17) is 17.3 Å². The third-order valence-corrected chi connectivity index (χ3v) is 5.83. The predicted octanol–water partition coefficient (Wildman–Crippen LogP) is 3.09. The molecule has 3 aromatic rings. The van der Waals surface area contributed by atoms with Gasteiger partial charge in [0.05, 0.1) is 17.3 Å². The van der Waals surface area contributed by atoms with Crippen molar-refractivity contribution in [2.24, 2.45) is 0 Å². The lowest BCUT2D eigenvalue weighted by molar-refractivity contribution is -0.129. The van der Waals surface area contributed by atoms with Gasteiger partial charge in [-0.2, -0.15) is 5.10 Å². The Morgan fingerprint density at radius 3 is 2.93 bits per heavy atom. The fourth-order valence-electron chi connectivity index (χ4n) is 4.25. The second-order valence-corrected chi connectivity index (χ2v) is 7.62. The lowest BCUT2D eigenvalue weighted by Gasteiger charge is -2.33. The van der Waals surface area contributed by atoms with E-state index in [1.165, 1.54) is 18.5 Å². The summed E-state index contributed by atoms with van der Waals surface area (Å²) in [7, 11) is 0. The van der Waals surface area contributed by atoms with E-state index < -0.39 is 5.82 Å². The Bertz CT molecular complexity index is 1120. The number of amides is 1. The zero-order valence-corrected chi connectivity index (χ0v) is 15.9. The largest absolute Gasteiger partial charge is 0.398 e. The number of nitrogen functional groups attached to an aromatic ring is 1. The molecule has 1 amide bonds. The Morgan fingerprint density at radius 2 is 2.14 bits per heavy atom. The highest BCUT2D eigenvalue weighted by Gasteiger charge is 2.42. The van der Waals surface area contributed by atoms with Gasteiger partial charge in [-0.05, 0) is 37.0 Å². The molecular weight excluding hydrogens is 397 g/mol. The van der Waals surface area contributed by atoms with Crippen LogP contribution in [0.3, 0.4) is 0 Å². The molecule has 1 aromatic carbocycles. The van der Waals surface area contributed by atoms with Crippen molar-refractivity contribution in [3.63, 3.8) is 0 Å². The van der Waals surface area contributed by atoms with Crippen molar-refractivity contribution in [1.82, 2.24) is 30.0 Å². The van der Waals surface area contributed by atoms with E-state index in [0.717, 1.165) is 12.8 Å². The molecule has 4 N–H and O–H groups in total. The minimum absolute atomic E-state index is 0.00944. The summed E-state index contributed by atoms with van der Waals surface area (Å²) < 4.78 is 14.6. The van der Waals surface area contributed by atoms with Gasteiger partial charge in [0, 0.05) is 23.4 Å². The number of anilines is 1. The standard InChI is InChI=1S/C19H17ClFN7O/c20-11-2-3-12(22)16(17(11)21)9-5-10-1-4-14(28(10)15(29)6-9)19-23-7-13(26-19)18-24-8-25-27-18/h2-3,6-8,10,14H,1,4-5,22H2,(H,23,26)(H,24,25,27)/t10?,14-/m0/s1. The van der Waals surface area contributed by atoms with Gasteiger partial charge in [-0.15, -0.1) is 0 Å². The van der Waals surface area contributed by atoms with Crippen LogP contribution in [-0.4, -0.2) is 42.0 Å². The minimum atomic E-state index is -0.587. The van der Waals surface area contributed by atoms with Crippen LogP contribution in [0.5, 0.6) is 0 Å². The highest BCUT2D eigenvalue weighted by Crippen LogP contribution is 2.43. The second-order valence-electron chi connectivity index (χ2n) is 7.21. The monoisotopic (exact) mass is 413 g/mol. The zero-order chi connectivity index (χ0) is 20.1. The molecule has 0 aliphatic carbocycles. The molecule has 2 aliphatic heterocycles. The molecule has 1 unspecified atom stereocenters. The third kappa shape index (κ3) is 2.89. The van der Waals surface area contributed by atoms with E-state index in [2.05, 4.69) is 25.1 Å². The summed E-state index contributed by atoms with van der Waals surface area (Å²) in [6, 6.07) is 2.75. The van der Waals surface area contributed by atoms with Gasteiger partial charge < -0.3 is 15.6 Å². The highest BCUT2D eigenvalue weighted by molar-refractivity contribution is 6.31. The molecular formula is C19H17ClFN7O. The van der Waals surface area contributed by atoms with E-state index in [1.807, 2.05) is 4.90 Å². The molecule has 0 spiro atoms. The summed E-state index contributed by atoms with van der Waals surface area (Å²) in [5.41, 5.74) is 7.76. The average molecular weight is 414 g/mol. The summed E-state index contributed by atoms with van der Waals surface area (Å²) in [6.45, 7) is 0. The van der Waals surface area contributed by atoms with E-state index >= 15 is 0 Å². The van der Waals surface area contributed by atoms with Gasteiger partial charge in [0.25, 0.3) is 0 Å². The van der Waals surface area contributed by atoms with E-state index in [9.17, 15) is 9.18 Å². The SMILES string of the molecule is Nc1ccc(Cl)c(F)c1C1=CC(=O)N2C(CC[C@H]2c2ncc(-c3ncn[nH]3)[nH]2)C1. The van der Waals surface area contributed by atoms with Crippen LogP contribution >= 0.6 is 11.6 Å². The first kappa shape index (κ1) is 17.9. The van der Waals surface area contributed by atoms with Gasteiger partial charge in [0.1, 0.15) is 17.8 Å².